The van der Waals surface area contributed by atoms with Crippen LogP contribution in [0.5, 0.6) is 0 Å². The number of para-hydroxylation sites is 1. The molecule has 1 aliphatic heterocycles. The van der Waals surface area contributed by atoms with Crippen molar-refractivity contribution in [2.45, 2.75) is 25.8 Å². The number of rotatable bonds is 3. The molecule has 1 amide bonds. The molecule has 2 aromatic carbocycles. The highest BCUT2D eigenvalue weighted by atomic mass is 16.3. The Morgan fingerprint density at radius 2 is 1.81 bits per heavy atom. The van der Waals surface area contributed by atoms with Crippen LogP contribution in [0.3, 0.4) is 0 Å². The zero-order valence-electron chi connectivity index (χ0n) is 15.2. The maximum absolute atomic E-state index is 12.9. The lowest BCUT2D eigenvalue weighted by atomic mass is 10.0. The fourth-order valence-corrected chi connectivity index (χ4v) is 3.58. The van der Waals surface area contributed by atoms with Gasteiger partial charge in [0.25, 0.3) is 5.91 Å². The lowest BCUT2D eigenvalue weighted by molar-refractivity contribution is 0.0930. The maximum Gasteiger partial charge on any atom is 0.255 e. The fourth-order valence-electron chi connectivity index (χ4n) is 3.58. The summed E-state index contributed by atoms with van der Waals surface area (Å²) < 4.78 is 6.13. The molecule has 2 N–H and O–H groups in total. The number of amides is 1. The number of hydrogen-bond donors (Lipinski definition) is 2. The van der Waals surface area contributed by atoms with Gasteiger partial charge in [-0.25, -0.2) is 0 Å². The van der Waals surface area contributed by atoms with Crippen molar-refractivity contribution in [1.29, 1.82) is 0 Å². The van der Waals surface area contributed by atoms with Crippen LogP contribution in [0.25, 0.3) is 22.3 Å². The van der Waals surface area contributed by atoms with Crippen LogP contribution in [0.1, 0.15) is 28.8 Å². The summed E-state index contributed by atoms with van der Waals surface area (Å²) in [5.74, 6) is 0.314. The Bertz CT molecular complexity index is 1030. The molecule has 27 heavy (non-hydrogen) atoms. The van der Waals surface area contributed by atoms with E-state index in [1.807, 2.05) is 30.3 Å². The van der Waals surface area contributed by atoms with E-state index in [-0.39, 0.29) is 17.4 Å². The smallest absolute Gasteiger partial charge is 0.255 e. The van der Waals surface area contributed by atoms with Crippen molar-refractivity contribution in [3.63, 3.8) is 0 Å². The Hall–Kier alpha value is -2.92. The van der Waals surface area contributed by atoms with E-state index < -0.39 is 0 Å². The minimum Gasteiger partial charge on any atom is -0.455 e. The first-order valence-corrected chi connectivity index (χ1v) is 9.28. The largest absolute Gasteiger partial charge is 0.455 e. The molecule has 4 rings (SSSR count). The van der Waals surface area contributed by atoms with Gasteiger partial charge in [0.1, 0.15) is 5.76 Å². The number of hydrogen-bond acceptors (Lipinski definition) is 4. The van der Waals surface area contributed by atoms with Gasteiger partial charge in [0.15, 0.2) is 11.0 Å². The molecule has 2 heterocycles. The van der Waals surface area contributed by atoms with E-state index in [1.54, 1.807) is 25.1 Å². The monoisotopic (exact) mass is 362 g/mol. The lowest BCUT2D eigenvalue weighted by Gasteiger charge is -2.23. The van der Waals surface area contributed by atoms with Gasteiger partial charge in [-0.15, -0.1) is 0 Å². The van der Waals surface area contributed by atoms with E-state index in [4.69, 9.17) is 4.42 Å². The van der Waals surface area contributed by atoms with Crippen LogP contribution in [-0.4, -0.2) is 25.0 Å². The molecule has 0 saturated carbocycles. The summed E-state index contributed by atoms with van der Waals surface area (Å²) in [6.07, 6.45) is 1.80. The Labute approximate surface area is 157 Å². The Balaban J connectivity index is 1.81. The third-order valence-electron chi connectivity index (χ3n) is 5.10. The van der Waals surface area contributed by atoms with Crippen molar-refractivity contribution in [3.05, 3.63) is 69.9 Å². The Kier molecular flexibility index (Phi) is 4.77. The Morgan fingerprint density at radius 1 is 1.07 bits per heavy atom. The molecule has 1 fully saturated rings. The second kappa shape index (κ2) is 7.37. The number of nitrogens with one attached hydrogen (secondary N) is 2. The van der Waals surface area contributed by atoms with Gasteiger partial charge in [-0.3, -0.25) is 9.59 Å². The molecule has 138 valence electrons. The van der Waals surface area contributed by atoms with Crippen LogP contribution >= 0.6 is 0 Å². The van der Waals surface area contributed by atoms with Gasteiger partial charge in [0.05, 0.1) is 10.9 Å². The molecule has 0 atom stereocenters. The molecule has 5 nitrogen and oxygen atoms in total. The molecule has 1 aromatic heterocycles. The molecule has 0 bridgehead atoms. The highest BCUT2D eigenvalue weighted by molar-refractivity contribution is 6.05. The number of piperidine rings is 1. The third kappa shape index (κ3) is 3.38. The van der Waals surface area contributed by atoms with Crippen LogP contribution in [0.15, 0.2) is 57.7 Å². The van der Waals surface area contributed by atoms with Gasteiger partial charge in [0, 0.05) is 17.2 Å². The van der Waals surface area contributed by atoms with Gasteiger partial charge in [-0.05, 0) is 45.0 Å². The van der Waals surface area contributed by atoms with Crippen molar-refractivity contribution < 1.29 is 9.21 Å². The van der Waals surface area contributed by atoms with Crippen molar-refractivity contribution in [3.8, 4) is 11.3 Å². The van der Waals surface area contributed by atoms with E-state index in [9.17, 15) is 9.59 Å². The van der Waals surface area contributed by atoms with E-state index in [0.29, 0.717) is 27.9 Å². The summed E-state index contributed by atoms with van der Waals surface area (Å²) in [5.41, 5.74) is 2.01. The normalized spacial score (nSPS) is 15.0. The van der Waals surface area contributed by atoms with Crippen molar-refractivity contribution in [2.75, 3.05) is 13.1 Å². The fraction of sp³-hybridized carbons (Fsp3) is 0.273. The number of carbonyl (C=O) groups is 1. The first-order valence-electron chi connectivity index (χ1n) is 9.28. The van der Waals surface area contributed by atoms with Crippen LogP contribution in [0.2, 0.25) is 0 Å². The lowest BCUT2D eigenvalue weighted by Crippen LogP contribution is -2.42. The van der Waals surface area contributed by atoms with E-state index >= 15 is 0 Å². The van der Waals surface area contributed by atoms with E-state index in [2.05, 4.69) is 10.6 Å². The van der Waals surface area contributed by atoms with Crippen molar-refractivity contribution >= 4 is 16.9 Å². The van der Waals surface area contributed by atoms with Crippen molar-refractivity contribution in [2.24, 2.45) is 0 Å². The summed E-state index contributed by atoms with van der Waals surface area (Å²) in [5, 5.41) is 6.80. The number of benzene rings is 2. The molecule has 0 spiro atoms. The SMILES string of the molecule is Cc1c(-c2ccccc2)oc2c(C(=O)NC3CCNCC3)cccc2c1=O. The highest BCUT2D eigenvalue weighted by Crippen LogP contribution is 2.27. The van der Waals surface area contributed by atoms with Crippen LogP contribution in [-0.2, 0) is 0 Å². The van der Waals surface area contributed by atoms with Gasteiger partial charge < -0.3 is 15.1 Å². The van der Waals surface area contributed by atoms with Crippen molar-refractivity contribution in [1.82, 2.24) is 10.6 Å². The third-order valence-corrected chi connectivity index (χ3v) is 5.10. The van der Waals surface area contributed by atoms with E-state index in [0.717, 1.165) is 31.5 Å². The Morgan fingerprint density at radius 3 is 2.56 bits per heavy atom. The molecule has 3 aromatic rings. The number of carbonyl (C=O) groups excluding carboxylic acids is 1. The zero-order chi connectivity index (χ0) is 18.8. The molecule has 5 heteroatoms. The van der Waals surface area contributed by atoms with E-state index in [1.165, 1.54) is 0 Å². The summed E-state index contributed by atoms with van der Waals surface area (Å²) >= 11 is 0. The molecular weight excluding hydrogens is 340 g/mol. The predicted molar refractivity (Wildman–Crippen MR) is 106 cm³/mol. The highest BCUT2D eigenvalue weighted by Gasteiger charge is 2.21. The van der Waals surface area contributed by atoms with Crippen LogP contribution in [0, 0.1) is 6.92 Å². The van der Waals surface area contributed by atoms with Gasteiger partial charge >= 0.3 is 0 Å². The molecular formula is C22H22N2O3. The van der Waals surface area contributed by atoms with Gasteiger partial charge in [-0.1, -0.05) is 36.4 Å². The quantitative estimate of drug-likeness (QED) is 0.750. The topological polar surface area (TPSA) is 71.3 Å². The van der Waals surface area contributed by atoms with Gasteiger partial charge in [-0.2, -0.15) is 0 Å². The first kappa shape index (κ1) is 17.5. The number of fused-ring (bicyclic) bond motifs is 1. The first-order chi connectivity index (χ1) is 13.1. The van der Waals surface area contributed by atoms with Crippen LogP contribution in [0.4, 0.5) is 0 Å². The zero-order valence-corrected chi connectivity index (χ0v) is 15.2. The minimum absolute atomic E-state index is 0.105. The van der Waals surface area contributed by atoms with Crippen LogP contribution < -0.4 is 16.1 Å². The summed E-state index contributed by atoms with van der Waals surface area (Å²) in [6, 6.07) is 14.8. The molecule has 0 radical (unpaired) electrons. The van der Waals surface area contributed by atoms with Gasteiger partial charge in [0.2, 0.25) is 0 Å². The molecule has 0 aliphatic carbocycles. The molecule has 1 aliphatic rings. The molecule has 0 unspecified atom stereocenters. The second-order valence-electron chi connectivity index (χ2n) is 6.93. The maximum atomic E-state index is 12.9. The average Bonchev–Trinajstić information content (AvgIpc) is 2.71. The second-order valence-corrected chi connectivity index (χ2v) is 6.93. The standard InChI is InChI=1S/C22H22N2O3/c1-14-19(25)17-8-5-9-18(22(26)24-16-10-12-23-13-11-16)21(17)27-20(14)15-6-3-2-4-7-15/h2-9,16,23H,10-13H2,1H3,(H,24,26). The average molecular weight is 362 g/mol. The summed E-state index contributed by atoms with van der Waals surface area (Å²) in [6.45, 7) is 3.55. The molecule has 1 saturated heterocycles. The minimum atomic E-state index is -0.196. The predicted octanol–water partition coefficient (Wildman–Crippen LogP) is 3.25. The summed E-state index contributed by atoms with van der Waals surface area (Å²) in [7, 11) is 0. The summed E-state index contributed by atoms with van der Waals surface area (Å²) in [4.78, 5) is 25.8.